The number of hydrogen-bond acceptors (Lipinski definition) is 3. The number of furan rings is 1. The molecule has 0 bridgehead atoms. The molecule has 0 fully saturated rings. The minimum atomic E-state index is -0.576. The van der Waals surface area contributed by atoms with Crippen molar-refractivity contribution in [3.8, 4) is 89.5 Å². The van der Waals surface area contributed by atoms with E-state index in [4.69, 9.17) is 14.4 Å². The van der Waals surface area contributed by atoms with Gasteiger partial charge in [0.25, 0.3) is 0 Å². The molecule has 10 aromatic carbocycles. The number of para-hydroxylation sites is 2. The van der Waals surface area contributed by atoms with Crippen LogP contribution in [-0.2, 0) is 5.41 Å². The third kappa shape index (κ3) is 5.72. The van der Waals surface area contributed by atoms with Crippen LogP contribution in [0.25, 0.3) is 111 Å². The standard InChI is InChI=1S/C65H40N2O/c1-3-18-41(19-4-1)44-36-45(42-20-5-2-6-21-42)38-46(37-44)60-40-61(54-29-17-28-53-52-27-12-16-33-62(52)68-63(53)54)67-64(66-60)43-34-35-59-55(39-43)51-26-11-15-32-58(51)65(59)56-30-13-9-24-49(56)47-22-7-8-23-48(47)50-25-10-14-31-57(50)65/h1-40H. The molecule has 316 valence electrons. The number of nitrogens with zero attached hydrogens (tertiary/aromatic N) is 2. The Hall–Kier alpha value is -8.92. The van der Waals surface area contributed by atoms with Crippen LogP contribution in [0.5, 0.6) is 0 Å². The molecule has 3 nitrogen and oxygen atoms in total. The second-order valence-electron chi connectivity index (χ2n) is 18.0. The molecule has 3 heteroatoms. The Labute approximate surface area is 394 Å². The second-order valence-corrected chi connectivity index (χ2v) is 18.0. The van der Waals surface area contributed by atoms with Gasteiger partial charge in [-0.05, 0) is 120 Å². The van der Waals surface area contributed by atoms with Crippen molar-refractivity contribution in [2.45, 2.75) is 5.41 Å². The molecule has 2 aliphatic rings. The lowest BCUT2D eigenvalue weighted by molar-refractivity contribution is 0.670. The Balaban J connectivity index is 1.03. The highest BCUT2D eigenvalue weighted by Gasteiger charge is 2.49. The largest absolute Gasteiger partial charge is 0.455 e. The summed E-state index contributed by atoms with van der Waals surface area (Å²) in [4.78, 5) is 11.1. The van der Waals surface area contributed by atoms with Crippen LogP contribution in [0, 0.1) is 0 Å². The predicted octanol–water partition coefficient (Wildman–Crippen LogP) is 16.7. The number of fused-ring (bicyclic) bond motifs is 15. The summed E-state index contributed by atoms with van der Waals surface area (Å²) in [6.07, 6.45) is 0. The number of benzene rings is 10. The van der Waals surface area contributed by atoms with E-state index in [-0.39, 0.29) is 0 Å². The van der Waals surface area contributed by atoms with Gasteiger partial charge in [-0.1, -0.05) is 200 Å². The van der Waals surface area contributed by atoms with E-state index in [9.17, 15) is 0 Å². The molecule has 14 rings (SSSR count). The summed E-state index contributed by atoms with van der Waals surface area (Å²) in [5, 5.41) is 2.14. The van der Waals surface area contributed by atoms with Gasteiger partial charge < -0.3 is 4.42 Å². The van der Waals surface area contributed by atoms with Gasteiger partial charge in [0, 0.05) is 27.5 Å². The van der Waals surface area contributed by atoms with E-state index in [0.717, 1.165) is 72.3 Å². The van der Waals surface area contributed by atoms with Crippen LogP contribution < -0.4 is 0 Å². The van der Waals surface area contributed by atoms with Crippen LogP contribution in [0.3, 0.4) is 0 Å². The van der Waals surface area contributed by atoms with Gasteiger partial charge >= 0.3 is 0 Å². The third-order valence-electron chi connectivity index (χ3n) is 14.3. The smallest absolute Gasteiger partial charge is 0.160 e. The Bertz CT molecular complexity index is 3850. The SMILES string of the molecule is c1ccc(-c2cc(-c3ccccc3)cc(-c3cc(-c4cccc5c4oc4ccccc45)nc(-c4ccc5c(c4)-c4ccccc4C54c5ccccc5-c5ccccc5-c5ccccc54)n3)c2)cc1. The molecule has 2 heterocycles. The summed E-state index contributed by atoms with van der Waals surface area (Å²) in [7, 11) is 0. The summed E-state index contributed by atoms with van der Waals surface area (Å²) < 4.78 is 6.68. The molecule has 1 spiro atoms. The highest BCUT2D eigenvalue weighted by atomic mass is 16.3. The van der Waals surface area contributed by atoms with Crippen LogP contribution >= 0.6 is 0 Å². The van der Waals surface area contributed by atoms with E-state index in [1.54, 1.807) is 0 Å². The van der Waals surface area contributed by atoms with Gasteiger partial charge in [-0.3, -0.25) is 0 Å². The first kappa shape index (κ1) is 38.4. The zero-order chi connectivity index (χ0) is 44.8. The number of aromatic nitrogens is 2. The van der Waals surface area contributed by atoms with Crippen molar-refractivity contribution in [1.82, 2.24) is 9.97 Å². The van der Waals surface area contributed by atoms with Crippen molar-refractivity contribution >= 4 is 21.9 Å². The fourth-order valence-corrected chi connectivity index (χ4v) is 11.4. The first-order chi connectivity index (χ1) is 33.7. The second kappa shape index (κ2) is 15.1. The summed E-state index contributed by atoms with van der Waals surface area (Å²) in [6.45, 7) is 0. The maximum absolute atomic E-state index is 6.68. The van der Waals surface area contributed by atoms with Gasteiger partial charge in [0.2, 0.25) is 0 Å². The molecule has 0 unspecified atom stereocenters. The lowest BCUT2D eigenvalue weighted by Gasteiger charge is -2.35. The van der Waals surface area contributed by atoms with Gasteiger partial charge in [0.05, 0.1) is 16.8 Å². The highest BCUT2D eigenvalue weighted by Crippen LogP contribution is 2.61. The van der Waals surface area contributed by atoms with Crippen LogP contribution in [0.4, 0.5) is 0 Å². The fraction of sp³-hybridized carbons (Fsp3) is 0.0154. The molecule has 0 saturated carbocycles. The van der Waals surface area contributed by atoms with Crippen LogP contribution in [0.15, 0.2) is 247 Å². The first-order valence-corrected chi connectivity index (χ1v) is 23.3. The van der Waals surface area contributed by atoms with Gasteiger partial charge in [0.15, 0.2) is 5.82 Å². The van der Waals surface area contributed by atoms with E-state index >= 15 is 0 Å². The zero-order valence-corrected chi connectivity index (χ0v) is 36.9. The topological polar surface area (TPSA) is 38.9 Å². The predicted molar refractivity (Wildman–Crippen MR) is 278 cm³/mol. The normalized spacial score (nSPS) is 12.8. The Morgan fingerprint density at radius 3 is 1.38 bits per heavy atom. The molecule has 0 radical (unpaired) electrons. The third-order valence-corrected chi connectivity index (χ3v) is 14.3. The molecule has 0 amide bonds. The average Bonchev–Trinajstić information content (AvgIpc) is 3.91. The van der Waals surface area contributed by atoms with Crippen molar-refractivity contribution in [1.29, 1.82) is 0 Å². The van der Waals surface area contributed by atoms with Crippen LogP contribution in [0.1, 0.15) is 22.3 Å². The van der Waals surface area contributed by atoms with Crippen LogP contribution in [0.2, 0.25) is 0 Å². The number of rotatable bonds is 5. The van der Waals surface area contributed by atoms with Crippen molar-refractivity contribution in [2.75, 3.05) is 0 Å². The van der Waals surface area contributed by atoms with Gasteiger partial charge in [0.1, 0.15) is 11.2 Å². The maximum Gasteiger partial charge on any atom is 0.160 e. The molecule has 2 aliphatic carbocycles. The van der Waals surface area contributed by atoms with Crippen molar-refractivity contribution in [3.63, 3.8) is 0 Å². The molecule has 0 atom stereocenters. The van der Waals surface area contributed by atoms with Gasteiger partial charge in [-0.15, -0.1) is 0 Å². The first-order valence-electron chi connectivity index (χ1n) is 23.3. The minimum Gasteiger partial charge on any atom is -0.455 e. The van der Waals surface area contributed by atoms with E-state index in [0.29, 0.717) is 5.82 Å². The zero-order valence-electron chi connectivity index (χ0n) is 36.9. The monoisotopic (exact) mass is 864 g/mol. The van der Waals surface area contributed by atoms with E-state index in [2.05, 4.69) is 231 Å². The fourth-order valence-electron chi connectivity index (χ4n) is 11.4. The van der Waals surface area contributed by atoms with E-state index in [1.165, 1.54) is 55.6 Å². The Kier molecular flexibility index (Phi) is 8.50. The van der Waals surface area contributed by atoms with Gasteiger partial charge in [-0.25, -0.2) is 9.97 Å². The molecule has 68 heavy (non-hydrogen) atoms. The lowest BCUT2D eigenvalue weighted by Crippen LogP contribution is -2.29. The quantitative estimate of drug-likeness (QED) is 0.173. The van der Waals surface area contributed by atoms with E-state index < -0.39 is 5.41 Å². The summed E-state index contributed by atoms with van der Waals surface area (Å²) in [6, 6.07) is 87.7. The molecule has 0 aliphatic heterocycles. The number of hydrogen-bond donors (Lipinski definition) is 0. The molecule has 0 saturated heterocycles. The summed E-state index contributed by atoms with van der Waals surface area (Å²) >= 11 is 0. The van der Waals surface area contributed by atoms with Crippen LogP contribution in [-0.4, -0.2) is 9.97 Å². The molecular formula is C65H40N2O. The molecule has 12 aromatic rings. The molecule has 2 aromatic heterocycles. The molecular weight excluding hydrogens is 825 g/mol. The van der Waals surface area contributed by atoms with Crippen molar-refractivity contribution in [2.24, 2.45) is 0 Å². The van der Waals surface area contributed by atoms with E-state index in [1.807, 2.05) is 12.1 Å². The molecule has 0 N–H and O–H groups in total. The van der Waals surface area contributed by atoms with Crippen molar-refractivity contribution < 1.29 is 4.42 Å². The Morgan fingerprint density at radius 1 is 0.279 bits per heavy atom. The summed E-state index contributed by atoms with van der Waals surface area (Å²) in [5.74, 6) is 0.646. The minimum absolute atomic E-state index is 0.576. The van der Waals surface area contributed by atoms with Gasteiger partial charge in [-0.2, -0.15) is 0 Å². The van der Waals surface area contributed by atoms with Crippen molar-refractivity contribution in [3.05, 3.63) is 265 Å². The average molecular weight is 865 g/mol. The Morgan fingerprint density at radius 2 is 0.750 bits per heavy atom. The summed E-state index contributed by atoms with van der Waals surface area (Å²) in [5.41, 5.74) is 22.6. The maximum atomic E-state index is 6.68. The lowest BCUT2D eigenvalue weighted by atomic mass is 9.66. The highest BCUT2D eigenvalue weighted by molar-refractivity contribution is 6.09.